The number of thioether (sulfide) groups is 1. The van der Waals surface area contributed by atoms with Gasteiger partial charge in [0.25, 0.3) is 0 Å². The fraction of sp³-hybridized carbons (Fsp3) is 0.174. The molecule has 7 heteroatoms. The molecule has 0 N–H and O–H groups in total. The Labute approximate surface area is 184 Å². The van der Waals surface area contributed by atoms with Gasteiger partial charge < -0.3 is 4.74 Å². The third-order valence-electron chi connectivity index (χ3n) is 4.62. The van der Waals surface area contributed by atoms with Gasteiger partial charge in [0, 0.05) is 22.6 Å². The van der Waals surface area contributed by atoms with Crippen LogP contribution in [0.4, 0.5) is 11.4 Å². The minimum atomic E-state index is -0.0549. The number of methoxy groups -OCH3 is 1. The first-order chi connectivity index (χ1) is 14.6. The zero-order valence-electron chi connectivity index (χ0n) is 16.6. The Morgan fingerprint density at radius 1 is 1.17 bits per heavy atom. The third kappa shape index (κ3) is 3.94. The lowest BCUT2D eigenvalue weighted by Crippen LogP contribution is -2.30. The van der Waals surface area contributed by atoms with Crippen LogP contribution in [0.25, 0.3) is 0 Å². The number of benzene rings is 2. The number of ether oxygens (including phenoxy) is 1. The van der Waals surface area contributed by atoms with Crippen LogP contribution in [0.2, 0.25) is 0 Å². The standard InChI is InChI=1S/C23H19N3O2S2/c1-15-11-16(13-28-2)17(12-24)23(25-15)29-14-22(27)26-18-7-3-5-9-20(18)30-21-10-6-4-8-19(21)26/h3-11H,13-14H2,1-2H3. The second-order valence-corrected chi connectivity index (χ2v) is 8.75. The molecule has 4 rings (SSSR count). The van der Waals surface area contributed by atoms with Gasteiger partial charge in [0.05, 0.1) is 29.3 Å². The largest absolute Gasteiger partial charge is 0.380 e. The summed E-state index contributed by atoms with van der Waals surface area (Å²) in [5.41, 5.74) is 3.80. The molecule has 2 heterocycles. The molecule has 0 radical (unpaired) electrons. The van der Waals surface area contributed by atoms with Crippen molar-refractivity contribution in [2.24, 2.45) is 0 Å². The molecule has 0 spiro atoms. The molecule has 3 aromatic rings. The van der Waals surface area contributed by atoms with Gasteiger partial charge in [-0.05, 0) is 42.8 Å². The number of fused-ring (bicyclic) bond motifs is 2. The van der Waals surface area contributed by atoms with Gasteiger partial charge in [0.1, 0.15) is 11.1 Å². The van der Waals surface area contributed by atoms with Gasteiger partial charge in [-0.1, -0.05) is 47.8 Å². The van der Waals surface area contributed by atoms with E-state index in [0.717, 1.165) is 32.4 Å². The van der Waals surface area contributed by atoms with Crippen LogP contribution in [-0.2, 0) is 16.1 Å². The summed E-state index contributed by atoms with van der Waals surface area (Å²) >= 11 is 2.95. The Morgan fingerprint density at radius 3 is 2.40 bits per heavy atom. The molecule has 5 nitrogen and oxygen atoms in total. The van der Waals surface area contributed by atoms with Crippen molar-refractivity contribution >= 4 is 40.8 Å². The van der Waals surface area contributed by atoms with Gasteiger partial charge >= 0.3 is 0 Å². The summed E-state index contributed by atoms with van der Waals surface area (Å²) in [6.45, 7) is 2.21. The molecule has 1 aliphatic heterocycles. The average molecular weight is 434 g/mol. The number of carbonyl (C=O) groups is 1. The molecule has 1 aliphatic rings. The van der Waals surface area contributed by atoms with E-state index in [4.69, 9.17) is 4.74 Å². The van der Waals surface area contributed by atoms with E-state index in [1.54, 1.807) is 23.8 Å². The molecule has 2 aromatic carbocycles. The number of nitrogens with zero attached hydrogens (tertiary/aromatic N) is 3. The second-order valence-electron chi connectivity index (χ2n) is 6.70. The summed E-state index contributed by atoms with van der Waals surface area (Å²) < 4.78 is 5.21. The number of hydrogen-bond donors (Lipinski definition) is 0. The molecule has 150 valence electrons. The van der Waals surface area contributed by atoms with E-state index in [2.05, 4.69) is 11.1 Å². The monoisotopic (exact) mass is 433 g/mol. The molecule has 0 saturated heterocycles. The van der Waals surface area contributed by atoms with E-state index in [1.165, 1.54) is 11.8 Å². The van der Waals surface area contributed by atoms with E-state index in [0.29, 0.717) is 17.2 Å². The lowest BCUT2D eigenvalue weighted by atomic mass is 10.1. The first-order valence-corrected chi connectivity index (χ1v) is 11.1. The maximum absolute atomic E-state index is 13.4. The summed E-state index contributed by atoms with van der Waals surface area (Å²) in [6, 6.07) is 19.9. The quantitative estimate of drug-likeness (QED) is 0.507. The predicted molar refractivity (Wildman–Crippen MR) is 119 cm³/mol. The minimum Gasteiger partial charge on any atom is -0.380 e. The smallest absolute Gasteiger partial charge is 0.242 e. The molecule has 0 unspecified atom stereocenters. The highest BCUT2D eigenvalue weighted by atomic mass is 32.2. The Balaban J connectivity index is 1.64. The fourth-order valence-corrected chi connectivity index (χ4v) is 5.35. The first kappa shape index (κ1) is 20.5. The van der Waals surface area contributed by atoms with Crippen LogP contribution in [0.1, 0.15) is 16.8 Å². The number of nitriles is 1. The fourth-order valence-electron chi connectivity index (χ4n) is 3.37. The molecule has 0 aliphatic carbocycles. The van der Waals surface area contributed by atoms with Crippen molar-refractivity contribution in [1.29, 1.82) is 5.26 Å². The number of carbonyl (C=O) groups excluding carboxylic acids is 1. The average Bonchev–Trinajstić information content (AvgIpc) is 2.75. The van der Waals surface area contributed by atoms with Gasteiger partial charge in [-0.15, -0.1) is 0 Å². The Bertz CT molecular complexity index is 1110. The topological polar surface area (TPSA) is 66.2 Å². The Morgan fingerprint density at radius 2 is 1.80 bits per heavy atom. The molecular weight excluding hydrogens is 414 g/mol. The van der Waals surface area contributed by atoms with E-state index < -0.39 is 0 Å². The summed E-state index contributed by atoms with van der Waals surface area (Å²) in [5, 5.41) is 10.2. The number of anilines is 2. The van der Waals surface area contributed by atoms with Gasteiger partial charge in [0.2, 0.25) is 5.91 Å². The highest BCUT2D eigenvalue weighted by Gasteiger charge is 2.28. The summed E-state index contributed by atoms with van der Waals surface area (Å²) in [5.74, 6) is 0.117. The summed E-state index contributed by atoms with van der Waals surface area (Å²) in [7, 11) is 1.59. The minimum absolute atomic E-state index is 0.0549. The van der Waals surface area contributed by atoms with Crippen LogP contribution in [0.3, 0.4) is 0 Å². The van der Waals surface area contributed by atoms with Crippen molar-refractivity contribution in [3.63, 3.8) is 0 Å². The Hall–Kier alpha value is -2.79. The van der Waals surface area contributed by atoms with Crippen molar-refractivity contribution in [1.82, 2.24) is 4.98 Å². The zero-order valence-corrected chi connectivity index (χ0v) is 18.2. The maximum Gasteiger partial charge on any atom is 0.242 e. The highest BCUT2D eigenvalue weighted by Crippen LogP contribution is 2.48. The van der Waals surface area contributed by atoms with Crippen LogP contribution in [0, 0.1) is 18.3 Å². The number of amides is 1. The van der Waals surface area contributed by atoms with Gasteiger partial charge in [-0.25, -0.2) is 4.98 Å². The SMILES string of the molecule is COCc1cc(C)nc(SCC(=O)N2c3ccccc3Sc3ccccc32)c1C#N. The van der Waals surface area contributed by atoms with Crippen LogP contribution < -0.4 is 4.90 Å². The number of para-hydroxylation sites is 2. The van der Waals surface area contributed by atoms with Crippen LogP contribution in [0.5, 0.6) is 0 Å². The summed E-state index contributed by atoms with van der Waals surface area (Å²) in [6.07, 6.45) is 0. The Kier molecular flexibility index (Phi) is 6.09. The molecule has 0 fully saturated rings. The zero-order chi connectivity index (χ0) is 21.1. The molecule has 0 bridgehead atoms. The molecular formula is C23H19N3O2S2. The predicted octanol–water partition coefficient (Wildman–Crippen LogP) is 5.33. The van der Waals surface area contributed by atoms with E-state index >= 15 is 0 Å². The molecule has 0 saturated carbocycles. The van der Waals surface area contributed by atoms with E-state index in [-0.39, 0.29) is 11.7 Å². The van der Waals surface area contributed by atoms with Crippen molar-refractivity contribution in [2.75, 3.05) is 17.8 Å². The second kappa shape index (κ2) is 8.92. The van der Waals surface area contributed by atoms with Crippen LogP contribution in [0.15, 0.2) is 69.4 Å². The molecule has 1 aromatic heterocycles. The van der Waals surface area contributed by atoms with Crippen LogP contribution >= 0.6 is 23.5 Å². The highest BCUT2D eigenvalue weighted by molar-refractivity contribution is 8.00. The summed E-state index contributed by atoms with van der Waals surface area (Å²) in [4.78, 5) is 21.7. The molecule has 30 heavy (non-hydrogen) atoms. The number of hydrogen-bond acceptors (Lipinski definition) is 6. The van der Waals surface area contributed by atoms with Crippen molar-refractivity contribution in [3.8, 4) is 6.07 Å². The lowest BCUT2D eigenvalue weighted by molar-refractivity contribution is -0.115. The van der Waals surface area contributed by atoms with Crippen molar-refractivity contribution in [2.45, 2.75) is 28.3 Å². The number of rotatable bonds is 5. The molecule has 0 atom stereocenters. The van der Waals surface area contributed by atoms with Gasteiger partial charge in [-0.3, -0.25) is 9.69 Å². The first-order valence-electron chi connectivity index (χ1n) is 9.33. The van der Waals surface area contributed by atoms with E-state index in [9.17, 15) is 10.1 Å². The van der Waals surface area contributed by atoms with Crippen molar-refractivity contribution in [3.05, 3.63) is 71.4 Å². The lowest BCUT2D eigenvalue weighted by Gasteiger charge is -2.31. The number of aryl methyl sites for hydroxylation is 1. The van der Waals surface area contributed by atoms with Crippen LogP contribution in [-0.4, -0.2) is 23.8 Å². The van der Waals surface area contributed by atoms with Crippen molar-refractivity contribution < 1.29 is 9.53 Å². The number of pyridine rings is 1. The van der Waals surface area contributed by atoms with E-state index in [1.807, 2.05) is 61.5 Å². The number of aromatic nitrogens is 1. The normalized spacial score (nSPS) is 12.1. The van der Waals surface area contributed by atoms with Gasteiger partial charge in [-0.2, -0.15) is 5.26 Å². The maximum atomic E-state index is 13.4. The van der Waals surface area contributed by atoms with Gasteiger partial charge in [0.15, 0.2) is 0 Å². The molecule has 1 amide bonds. The third-order valence-corrected chi connectivity index (χ3v) is 6.71.